The first kappa shape index (κ1) is 22.4. The van der Waals surface area contributed by atoms with E-state index in [-0.39, 0.29) is 17.9 Å². The molecule has 5 aromatic rings. The number of furan rings is 2. The van der Waals surface area contributed by atoms with Gasteiger partial charge in [0.2, 0.25) is 5.78 Å². The molecular weight excluding hydrogens is 470 g/mol. The minimum absolute atomic E-state index is 0.0390. The van der Waals surface area contributed by atoms with Crippen molar-refractivity contribution in [2.75, 3.05) is 0 Å². The predicted octanol–water partition coefficient (Wildman–Crippen LogP) is 6.60. The van der Waals surface area contributed by atoms with Gasteiger partial charge in [0.15, 0.2) is 11.5 Å². The van der Waals surface area contributed by atoms with E-state index in [0.717, 1.165) is 5.39 Å². The van der Waals surface area contributed by atoms with Crippen molar-refractivity contribution in [1.82, 2.24) is 4.90 Å². The van der Waals surface area contributed by atoms with Crippen molar-refractivity contribution in [3.63, 3.8) is 0 Å². The first-order chi connectivity index (χ1) is 18.1. The van der Waals surface area contributed by atoms with Gasteiger partial charge in [0.05, 0.1) is 24.4 Å². The number of amides is 1. The lowest BCUT2D eigenvalue weighted by Gasteiger charge is -2.26. The second-order valence-corrected chi connectivity index (χ2v) is 8.64. The largest absolute Gasteiger partial charge is 0.503 e. The Hall–Kier alpha value is -5.04. The number of ether oxygens (including phenoxy) is 1. The van der Waals surface area contributed by atoms with E-state index in [4.69, 9.17) is 13.6 Å². The number of fused-ring (bicyclic) bond motifs is 1. The Bertz CT molecular complexity index is 1600. The number of carbonyl (C=O) groups excluding carboxylic acids is 2. The zero-order valence-corrected chi connectivity index (χ0v) is 19.5. The number of carbonyl (C=O) groups is 2. The summed E-state index contributed by atoms with van der Waals surface area (Å²) in [6, 6.07) is 27.8. The van der Waals surface area contributed by atoms with Crippen LogP contribution < -0.4 is 4.74 Å². The Morgan fingerprint density at radius 1 is 0.892 bits per heavy atom. The first-order valence-corrected chi connectivity index (χ1v) is 11.7. The normalized spacial score (nSPS) is 15.5. The quantitative estimate of drug-likeness (QED) is 0.258. The maximum Gasteiger partial charge on any atom is 0.290 e. The van der Waals surface area contributed by atoms with Crippen LogP contribution in [0.25, 0.3) is 11.0 Å². The number of nitrogens with zero attached hydrogens (tertiary/aromatic N) is 1. The molecule has 0 spiro atoms. The molecule has 6 rings (SSSR count). The van der Waals surface area contributed by atoms with Crippen LogP contribution in [0.15, 0.2) is 123 Å². The average molecular weight is 491 g/mol. The van der Waals surface area contributed by atoms with Gasteiger partial charge in [0.1, 0.15) is 22.8 Å². The van der Waals surface area contributed by atoms with E-state index >= 15 is 0 Å². The SMILES string of the molecule is O=C(C1=C(O)C(=O)N(Cc2ccco2)C1c1cccc(Oc2ccccc2)c1)c1cc2ccccc2o1. The van der Waals surface area contributed by atoms with E-state index in [1.165, 1.54) is 11.2 Å². The standard InChI is InChI=1S/C30H21NO6/c32-28(25-17-19-8-4-5-14-24(19)37-25)26-27(31(30(34)29(26)33)18-23-13-7-15-35-23)20-9-6-12-22(16-20)36-21-10-2-1-3-11-21/h1-17,27,33H,18H2. The Labute approximate surface area is 211 Å². The van der Waals surface area contributed by atoms with Crippen LogP contribution in [0, 0.1) is 0 Å². The summed E-state index contributed by atoms with van der Waals surface area (Å²) in [6.07, 6.45) is 1.51. The molecule has 3 heterocycles. The van der Waals surface area contributed by atoms with Gasteiger partial charge in [0.25, 0.3) is 5.91 Å². The fourth-order valence-corrected chi connectivity index (χ4v) is 4.56. The van der Waals surface area contributed by atoms with Crippen molar-refractivity contribution < 1.29 is 28.3 Å². The van der Waals surface area contributed by atoms with Gasteiger partial charge in [-0.05, 0) is 54.1 Å². The Morgan fingerprint density at radius 2 is 1.68 bits per heavy atom. The van der Waals surface area contributed by atoms with Gasteiger partial charge in [-0.2, -0.15) is 0 Å². The van der Waals surface area contributed by atoms with E-state index in [1.54, 1.807) is 48.5 Å². The lowest BCUT2D eigenvalue weighted by molar-refractivity contribution is -0.130. The number of aliphatic hydroxyl groups is 1. The van der Waals surface area contributed by atoms with Crippen LogP contribution in [-0.2, 0) is 11.3 Å². The average Bonchev–Trinajstić information content (AvgIpc) is 3.65. The van der Waals surface area contributed by atoms with E-state index in [2.05, 4.69) is 0 Å². The molecule has 1 aliphatic rings. The molecule has 1 amide bonds. The zero-order valence-electron chi connectivity index (χ0n) is 19.5. The highest BCUT2D eigenvalue weighted by Gasteiger charge is 2.45. The molecule has 3 aromatic carbocycles. The highest BCUT2D eigenvalue weighted by atomic mass is 16.5. The predicted molar refractivity (Wildman–Crippen MR) is 135 cm³/mol. The van der Waals surface area contributed by atoms with Gasteiger partial charge in [-0.25, -0.2) is 0 Å². The molecule has 0 fully saturated rings. The van der Waals surface area contributed by atoms with Crippen molar-refractivity contribution in [2.24, 2.45) is 0 Å². The summed E-state index contributed by atoms with van der Waals surface area (Å²) < 4.78 is 17.2. The van der Waals surface area contributed by atoms with Crippen LogP contribution in [0.5, 0.6) is 11.5 Å². The second-order valence-electron chi connectivity index (χ2n) is 8.64. The number of aliphatic hydroxyl groups excluding tert-OH is 1. The summed E-state index contributed by atoms with van der Waals surface area (Å²) in [4.78, 5) is 28.4. The monoisotopic (exact) mass is 491 g/mol. The molecule has 0 saturated carbocycles. The molecule has 0 radical (unpaired) electrons. The Kier molecular flexibility index (Phi) is 5.58. The number of rotatable bonds is 7. The third-order valence-corrected chi connectivity index (χ3v) is 6.26. The van der Waals surface area contributed by atoms with Crippen LogP contribution >= 0.6 is 0 Å². The Morgan fingerprint density at radius 3 is 2.46 bits per heavy atom. The van der Waals surface area contributed by atoms with Crippen LogP contribution in [0.4, 0.5) is 0 Å². The summed E-state index contributed by atoms with van der Waals surface area (Å²) >= 11 is 0. The number of para-hydroxylation sites is 2. The molecular formula is C30H21NO6. The molecule has 2 aromatic heterocycles. The van der Waals surface area contributed by atoms with Gasteiger partial charge in [0, 0.05) is 5.39 Å². The maximum absolute atomic E-state index is 13.7. The molecule has 0 bridgehead atoms. The fraction of sp³-hybridized carbons (Fsp3) is 0.0667. The summed E-state index contributed by atoms with van der Waals surface area (Å²) in [6.45, 7) is 0.0568. The summed E-state index contributed by atoms with van der Waals surface area (Å²) in [5.41, 5.74) is 1.07. The van der Waals surface area contributed by atoms with Crippen molar-refractivity contribution in [2.45, 2.75) is 12.6 Å². The first-order valence-electron chi connectivity index (χ1n) is 11.7. The number of Topliss-reactive ketones (excluding diaryl/α,β-unsaturated/α-hetero) is 1. The van der Waals surface area contributed by atoms with Crippen molar-refractivity contribution in [1.29, 1.82) is 0 Å². The number of benzene rings is 3. The van der Waals surface area contributed by atoms with Gasteiger partial charge < -0.3 is 23.6 Å². The topological polar surface area (TPSA) is 93.1 Å². The highest BCUT2D eigenvalue weighted by Crippen LogP contribution is 2.41. The van der Waals surface area contributed by atoms with Gasteiger partial charge in [-0.15, -0.1) is 0 Å². The summed E-state index contributed by atoms with van der Waals surface area (Å²) in [7, 11) is 0. The van der Waals surface area contributed by atoms with E-state index in [9.17, 15) is 14.7 Å². The zero-order chi connectivity index (χ0) is 25.4. The van der Waals surface area contributed by atoms with Crippen molar-refractivity contribution in [3.05, 3.63) is 132 Å². The van der Waals surface area contributed by atoms with Gasteiger partial charge >= 0.3 is 0 Å². The smallest absolute Gasteiger partial charge is 0.290 e. The lowest BCUT2D eigenvalue weighted by atomic mass is 9.94. The van der Waals surface area contributed by atoms with Crippen molar-refractivity contribution in [3.8, 4) is 11.5 Å². The van der Waals surface area contributed by atoms with Crippen LogP contribution in [0.3, 0.4) is 0 Å². The van der Waals surface area contributed by atoms with Crippen LogP contribution in [0.2, 0.25) is 0 Å². The molecule has 37 heavy (non-hydrogen) atoms. The lowest BCUT2D eigenvalue weighted by Crippen LogP contribution is -2.30. The van der Waals surface area contributed by atoms with E-state index in [1.807, 2.05) is 48.5 Å². The van der Waals surface area contributed by atoms with Gasteiger partial charge in [-0.1, -0.05) is 48.5 Å². The van der Waals surface area contributed by atoms with Crippen LogP contribution in [0.1, 0.15) is 27.9 Å². The number of hydrogen-bond acceptors (Lipinski definition) is 6. The molecule has 1 atom stereocenters. The molecule has 7 nitrogen and oxygen atoms in total. The van der Waals surface area contributed by atoms with E-state index in [0.29, 0.717) is 28.4 Å². The molecule has 1 N–H and O–H groups in total. The highest BCUT2D eigenvalue weighted by molar-refractivity contribution is 6.16. The minimum Gasteiger partial charge on any atom is -0.503 e. The molecule has 1 unspecified atom stereocenters. The fourth-order valence-electron chi connectivity index (χ4n) is 4.56. The molecule has 0 saturated heterocycles. The maximum atomic E-state index is 13.7. The minimum atomic E-state index is -0.891. The summed E-state index contributed by atoms with van der Waals surface area (Å²) in [5, 5.41) is 11.7. The van der Waals surface area contributed by atoms with Crippen molar-refractivity contribution >= 4 is 22.7 Å². The molecule has 182 valence electrons. The molecule has 1 aliphatic heterocycles. The van der Waals surface area contributed by atoms with Gasteiger partial charge in [-0.3, -0.25) is 9.59 Å². The Balaban J connectivity index is 1.42. The number of hydrogen-bond donors (Lipinski definition) is 1. The molecule has 7 heteroatoms. The molecule has 0 aliphatic carbocycles. The number of ketones is 1. The van der Waals surface area contributed by atoms with E-state index < -0.39 is 23.5 Å². The third-order valence-electron chi connectivity index (χ3n) is 6.26. The summed E-state index contributed by atoms with van der Waals surface area (Å²) in [5.74, 6) is -0.130. The van der Waals surface area contributed by atoms with Crippen LogP contribution in [-0.4, -0.2) is 21.7 Å². The third kappa shape index (κ3) is 4.16. The second kappa shape index (κ2) is 9.20.